The largest absolute Gasteiger partial charge is 0.784 e. The Balaban J connectivity index is 1.27. The maximum absolute atomic E-state index is 12.7. The number of fused-ring (bicyclic) bond motifs is 2. The van der Waals surface area contributed by atoms with Crippen molar-refractivity contribution >= 4 is 23.4 Å². The summed E-state index contributed by atoms with van der Waals surface area (Å²) in [6, 6.07) is 17.0. The summed E-state index contributed by atoms with van der Waals surface area (Å²) in [4.78, 5) is 44.2. The van der Waals surface area contributed by atoms with E-state index in [4.69, 9.17) is 4.84 Å². The highest BCUT2D eigenvalue weighted by Gasteiger charge is 2.50. The summed E-state index contributed by atoms with van der Waals surface area (Å²) < 4.78 is 0. The van der Waals surface area contributed by atoms with E-state index < -0.39 is 28.9 Å². The van der Waals surface area contributed by atoms with Gasteiger partial charge in [-0.15, -0.1) is 0 Å². The third-order valence-corrected chi connectivity index (χ3v) is 8.26. The van der Waals surface area contributed by atoms with Crippen LogP contribution < -0.4 is 5.48 Å². The number of hydroxylamine groups is 3. The maximum Gasteiger partial charge on any atom is 0.337 e. The smallest absolute Gasteiger partial charge is 0.337 e. The van der Waals surface area contributed by atoms with Crippen LogP contribution in [0.25, 0.3) is 5.57 Å². The second kappa shape index (κ2) is 11.9. The molecule has 1 unspecified atom stereocenters. The molecule has 1 aliphatic carbocycles. The van der Waals surface area contributed by atoms with Crippen molar-refractivity contribution in [2.45, 2.75) is 77.3 Å². The molecule has 2 aromatic carbocycles. The molecular formula is C32H40N3O5-. The summed E-state index contributed by atoms with van der Waals surface area (Å²) in [7, 11) is 1.73. The van der Waals surface area contributed by atoms with Gasteiger partial charge in [-0.3, -0.25) is 9.59 Å². The summed E-state index contributed by atoms with van der Waals surface area (Å²) in [5.41, 5.74) is 6.83. The van der Waals surface area contributed by atoms with Crippen LogP contribution in [-0.2, 0) is 32.1 Å². The topological polar surface area (TPSA) is 102 Å². The number of carbonyl (C=O) groups is 3. The quantitative estimate of drug-likeness (QED) is 0.501. The lowest BCUT2D eigenvalue weighted by molar-refractivity contribution is -0.164. The van der Waals surface area contributed by atoms with Crippen LogP contribution in [0.1, 0.15) is 75.6 Å². The first-order valence-electron chi connectivity index (χ1n) is 14.0. The van der Waals surface area contributed by atoms with Gasteiger partial charge < -0.3 is 20.0 Å². The van der Waals surface area contributed by atoms with Gasteiger partial charge >= 0.3 is 5.97 Å². The Hall–Kier alpha value is -3.49. The van der Waals surface area contributed by atoms with Gasteiger partial charge in [-0.05, 0) is 81.2 Å². The molecule has 2 aromatic rings. The number of hydrogen-bond donors (Lipinski definition) is 1. The lowest BCUT2D eigenvalue weighted by atomic mass is 9.87. The maximum atomic E-state index is 12.7. The van der Waals surface area contributed by atoms with E-state index in [0.29, 0.717) is 19.4 Å². The predicted octanol–water partition coefficient (Wildman–Crippen LogP) is 4.80. The van der Waals surface area contributed by atoms with Gasteiger partial charge in [0.05, 0.1) is 5.92 Å². The van der Waals surface area contributed by atoms with Crippen LogP contribution in [0, 0.1) is 11.1 Å². The van der Waals surface area contributed by atoms with Crippen molar-refractivity contribution in [3.63, 3.8) is 0 Å². The number of aryl methyl sites for hydroxylation is 2. The number of nitrogens with one attached hydrogen (secondary N) is 1. The molecule has 8 nitrogen and oxygen atoms in total. The van der Waals surface area contributed by atoms with E-state index >= 15 is 0 Å². The molecule has 1 N–H and O–H groups in total. The highest BCUT2D eigenvalue weighted by molar-refractivity contribution is 5.85. The molecule has 0 saturated carbocycles. The number of amides is 2. The zero-order valence-corrected chi connectivity index (χ0v) is 24.2. The molecule has 1 aliphatic heterocycles. The zero-order valence-electron chi connectivity index (χ0n) is 24.2. The third kappa shape index (κ3) is 6.29. The lowest BCUT2D eigenvalue weighted by Crippen LogP contribution is -2.47. The highest BCUT2D eigenvalue weighted by atomic mass is 16.7. The monoisotopic (exact) mass is 546 g/mol. The molecule has 1 atom stereocenters. The Morgan fingerprint density at radius 1 is 1.00 bits per heavy atom. The van der Waals surface area contributed by atoms with Gasteiger partial charge in [-0.2, -0.15) is 5.48 Å². The molecule has 0 aromatic heterocycles. The molecule has 2 amide bonds. The fraction of sp³-hybridized carbons (Fsp3) is 0.469. The Morgan fingerprint density at radius 2 is 1.57 bits per heavy atom. The van der Waals surface area contributed by atoms with Crippen LogP contribution in [0.15, 0.2) is 54.6 Å². The molecule has 40 heavy (non-hydrogen) atoms. The summed E-state index contributed by atoms with van der Waals surface area (Å²) >= 11 is 0. The lowest BCUT2D eigenvalue weighted by Gasteiger charge is -2.47. The average molecular weight is 547 g/mol. The number of benzene rings is 2. The number of hydrogen-bond acceptors (Lipinski definition) is 6. The third-order valence-electron chi connectivity index (χ3n) is 8.26. The summed E-state index contributed by atoms with van der Waals surface area (Å²) in [5, 5.41) is 13.4. The van der Waals surface area contributed by atoms with E-state index in [9.17, 15) is 19.6 Å². The van der Waals surface area contributed by atoms with E-state index in [-0.39, 0.29) is 18.7 Å². The first-order chi connectivity index (χ1) is 18.9. The molecular weight excluding hydrogens is 506 g/mol. The van der Waals surface area contributed by atoms with Crippen molar-refractivity contribution < 1.29 is 19.2 Å². The minimum absolute atomic E-state index is 0.00157. The molecule has 1 heterocycles. The van der Waals surface area contributed by atoms with E-state index in [1.54, 1.807) is 39.6 Å². The minimum atomic E-state index is -0.944. The predicted molar refractivity (Wildman–Crippen MR) is 155 cm³/mol. The minimum Gasteiger partial charge on any atom is -0.784 e. The molecule has 1 saturated heterocycles. The van der Waals surface area contributed by atoms with Gasteiger partial charge in [0.1, 0.15) is 0 Å². The number of nitrogens with zero attached hydrogens (tertiary/aromatic N) is 2. The standard InChI is InChI=1S/C32H40N3O5/c1-31(2)21-27(32(3,4)35(31)39)30(38)40-33-28(36)18-19-29(37)34(5)20-10-15-26-24-13-8-6-11-22(24)16-17-23-12-7-9-14-25(23)26/h6-9,11-15,27H,10,16-21H2,1-5H3,(H,33,36)/q-1. The van der Waals surface area contributed by atoms with Gasteiger partial charge in [-0.25, -0.2) is 4.79 Å². The molecule has 8 heteroatoms. The zero-order chi connectivity index (χ0) is 29.1. The molecule has 0 spiro atoms. The van der Waals surface area contributed by atoms with Crippen molar-refractivity contribution in [2.75, 3.05) is 13.6 Å². The first kappa shape index (κ1) is 29.5. The van der Waals surface area contributed by atoms with Crippen molar-refractivity contribution in [1.29, 1.82) is 0 Å². The number of rotatable bonds is 7. The van der Waals surface area contributed by atoms with Gasteiger partial charge in [0, 0.05) is 37.5 Å². The van der Waals surface area contributed by atoms with E-state index in [2.05, 4.69) is 60.1 Å². The van der Waals surface area contributed by atoms with Crippen LogP contribution in [0.5, 0.6) is 0 Å². The second-order valence-corrected chi connectivity index (χ2v) is 12.0. The van der Waals surface area contributed by atoms with Crippen molar-refractivity contribution in [3.05, 3.63) is 82.1 Å². The van der Waals surface area contributed by atoms with E-state index in [1.807, 2.05) is 0 Å². The molecule has 214 valence electrons. The summed E-state index contributed by atoms with van der Waals surface area (Å²) in [6.45, 7) is 7.46. The molecule has 1 fully saturated rings. The second-order valence-electron chi connectivity index (χ2n) is 12.0. The summed E-state index contributed by atoms with van der Waals surface area (Å²) in [5.74, 6) is -2.04. The SMILES string of the molecule is CN(CCC=C1c2ccccc2CCc2ccccc21)C(=O)CCC(=O)NOC(=O)C1CC(C)(C)N([O-])C1(C)C. The Bertz CT molecular complexity index is 1250. The van der Waals surface area contributed by atoms with Gasteiger partial charge in [0.2, 0.25) is 5.91 Å². The van der Waals surface area contributed by atoms with Crippen LogP contribution in [0.3, 0.4) is 0 Å². The van der Waals surface area contributed by atoms with Crippen LogP contribution in [-0.4, -0.2) is 52.4 Å². The van der Waals surface area contributed by atoms with Crippen molar-refractivity contribution in [1.82, 2.24) is 15.4 Å². The number of carbonyl (C=O) groups excluding carboxylic acids is 3. The van der Waals surface area contributed by atoms with Gasteiger partial charge in [0.15, 0.2) is 0 Å². The van der Waals surface area contributed by atoms with Crippen LogP contribution in [0.2, 0.25) is 0 Å². The summed E-state index contributed by atoms with van der Waals surface area (Å²) in [6.07, 6.45) is 5.09. The van der Waals surface area contributed by atoms with Crippen molar-refractivity contribution in [2.24, 2.45) is 5.92 Å². The highest BCUT2D eigenvalue weighted by Crippen LogP contribution is 2.44. The Morgan fingerprint density at radius 3 is 2.12 bits per heavy atom. The molecule has 0 radical (unpaired) electrons. The molecule has 2 aliphatic rings. The van der Waals surface area contributed by atoms with Crippen LogP contribution in [0.4, 0.5) is 0 Å². The van der Waals surface area contributed by atoms with Crippen LogP contribution >= 0.6 is 0 Å². The molecule has 0 bridgehead atoms. The van der Waals surface area contributed by atoms with Crippen molar-refractivity contribution in [3.8, 4) is 0 Å². The Kier molecular flexibility index (Phi) is 8.80. The van der Waals surface area contributed by atoms with Gasteiger partial charge in [-0.1, -0.05) is 54.6 Å². The first-order valence-corrected chi connectivity index (χ1v) is 14.0. The fourth-order valence-electron chi connectivity index (χ4n) is 5.93. The normalized spacial score (nSPS) is 19.1. The fourth-order valence-corrected chi connectivity index (χ4v) is 5.93. The van der Waals surface area contributed by atoms with Gasteiger partial charge in [0.25, 0.3) is 5.91 Å². The Labute approximate surface area is 236 Å². The van der Waals surface area contributed by atoms with E-state index in [0.717, 1.165) is 17.9 Å². The van der Waals surface area contributed by atoms with E-state index in [1.165, 1.54) is 27.8 Å². The molecule has 4 rings (SSSR count). The average Bonchev–Trinajstić information content (AvgIpc) is 3.04.